The number of fused-ring (bicyclic) bond motifs is 1. The molecule has 1 unspecified atom stereocenters. The lowest BCUT2D eigenvalue weighted by molar-refractivity contribution is 0.102. The van der Waals surface area contributed by atoms with E-state index in [0.717, 1.165) is 24.3 Å². The van der Waals surface area contributed by atoms with Crippen LogP contribution in [0.25, 0.3) is 0 Å². The second-order valence-electron chi connectivity index (χ2n) is 5.62. The van der Waals surface area contributed by atoms with Crippen LogP contribution in [-0.4, -0.2) is 5.91 Å². The second-order valence-corrected chi connectivity index (χ2v) is 7.37. The molecule has 1 aliphatic carbocycles. The number of benzene rings is 1. The highest BCUT2D eigenvalue weighted by Gasteiger charge is 2.24. The van der Waals surface area contributed by atoms with Crippen molar-refractivity contribution < 1.29 is 4.79 Å². The molecule has 116 valence electrons. The third-order valence-corrected chi connectivity index (χ3v) is 6.15. The van der Waals surface area contributed by atoms with E-state index in [2.05, 4.69) is 12.2 Å². The standard InChI is InChI=1S/C17H17Cl2NOS/c1-2-10-6-7-11-12(9-22-15(11)8-10)17(21)20-14-5-3-4-13(18)16(14)19/h3-5,9-10H,2,6-8H2,1H3,(H,20,21). The Morgan fingerprint density at radius 1 is 1.41 bits per heavy atom. The van der Waals surface area contributed by atoms with Gasteiger partial charge in [-0.3, -0.25) is 4.79 Å². The van der Waals surface area contributed by atoms with Crippen molar-refractivity contribution in [2.75, 3.05) is 5.32 Å². The average molecular weight is 354 g/mol. The molecule has 0 saturated heterocycles. The first-order chi connectivity index (χ1) is 10.6. The minimum Gasteiger partial charge on any atom is -0.321 e. The molecule has 0 spiro atoms. The van der Waals surface area contributed by atoms with Gasteiger partial charge >= 0.3 is 0 Å². The molecule has 2 aromatic rings. The van der Waals surface area contributed by atoms with Crippen LogP contribution < -0.4 is 5.32 Å². The van der Waals surface area contributed by atoms with Gasteiger partial charge in [0.25, 0.3) is 5.91 Å². The Labute approximate surface area is 144 Å². The van der Waals surface area contributed by atoms with Crippen LogP contribution in [0, 0.1) is 5.92 Å². The van der Waals surface area contributed by atoms with Crippen molar-refractivity contribution in [1.82, 2.24) is 0 Å². The molecule has 0 radical (unpaired) electrons. The lowest BCUT2D eigenvalue weighted by Crippen LogP contribution is -2.17. The second kappa shape index (κ2) is 6.61. The van der Waals surface area contributed by atoms with Crippen LogP contribution in [-0.2, 0) is 12.8 Å². The number of thiophene rings is 1. The fourth-order valence-electron chi connectivity index (χ4n) is 2.91. The number of nitrogens with one attached hydrogen (secondary N) is 1. The fraction of sp³-hybridized carbons (Fsp3) is 0.353. The molecule has 0 saturated carbocycles. The van der Waals surface area contributed by atoms with Crippen LogP contribution in [0.3, 0.4) is 0 Å². The van der Waals surface area contributed by atoms with Gasteiger partial charge in [-0.25, -0.2) is 0 Å². The molecule has 1 amide bonds. The number of hydrogen-bond acceptors (Lipinski definition) is 2. The van der Waals surface area contributed by atoms with Crippen molar-refractivity contribution in [3.63, 3.8) is 0 Å². The zero-order valence-electron chi connectivity index (χ0n) is 12.3. The summed E-state index contributed by atoms with van der Waals surface area (Å²) in [7, 11) is 0. The molecular formula is C17H17Cl2NOS. The lowest BCUT2D eigenvalue weighted by atomic mass is 9.86. The molecule has 1 aromatic carbocycles. The minimum absolute atomic E-state index is 0.100. The molecule has 3 rings (SSSR count). The van der Waals surface area contributed by atoms with Crippen molar-refractivity contribution in [2.45, 2.75) is 32.6 Å². The Bertz CT molecular complexity index is 711. The minimum atomic E-state index is -0.100. The average Bonchev–Trinajstić information content (AvgIpc) is 2.94. The van der Waals surface area contributed by atoms with Gasteiger partial charge in [-0.15, -0.1) is 11.3 Å². The number of rotatable bonds is 3. The van der Waals surface area contributed by atoms with E-state index in [1.165, 1.54) is 23.3 Å². The van der Waals surface area contributed by atoms with Crippen LogP contribution >= 0.6 is 34.5 Å². The molecule has 2 nitrogen and oxygen atoms in total. The summed E-state index contributed by atoms with van der Waals surface area (Å²) in [4.78, 5) is 13.9. The van der Waals surface area contributed by atoms with Crippen molar-refractivity contribution in [1.29, 1.82) is 0 Å². The van der Waals surface area contributed by atoms with Crippen LogP contribution in [0.2, 0.25) is 10.0 Å². The molecule has 1 atom stereocenters. The molecule has 1 aromatic heterocycles. The lowest BCUT2D eigenvalue weighted by Gasteiger charge is -2.21. The van der Waals surface area contributed by atoms with E-state index in [1.54, 1.807) is 29.5 Å². The van der Waals surface area contributed by atoms with Crippen LogP contribution in [0.15, 0.2) is 23.6 Å². The summed E-state index contributed by atoms with van der Waals surface area (Å²) in [6.45, 7) is 2.23. The SMILES string of the molecule is CCC1CCc2c(C(=O)Nc3cccc(Cl)c3Cl)csc2C1. The molecule has 1 heterocycles. The van der Waals surface area contributed by atoms with Crippen LogP contribution in [0.5, 0.6) is 0 Å². The smallest absolute Gasteiger partial charge is 0.256 e. The first-order valence-corrected chi connectivity index (χ1v) is 9.08. The Kier molecular flexibility index (Phi) is 4.76. The maximum atomic E-state index is 12.6. The Morgan fingerprint density at radius 2 is 2.23 bits per heavy atom. The van der Waals surface area contributed by atoms with Crippen LogP contribution in [0.4, 0.5) is 5.69 Å². The van der Waals surface area contributed by atoms with Gasteiger partial charge in [-0.1, -0.05) is 42.6 Å². The number of carbonyl (C=O) groups excluding carboxylic acids is 1. The molecule has 0 aliphatic heterocycles. The topological polar surface area (TPSA) is 29.1 Å². The van der Waals surface area contributed by atoms with Crippen LogP contribution in [0.1, 0.15) is 40.6 Å². The zero-order valence-corrected chi connectivity index (χ0v) is 14.6. The van der Waals surface area contributed by atoms with Crippen molar-refractivity contribution >= 4 is 46.1 Å². The van der Waals surface area contributed by atoms with E-state index >= 15 is 0 Å². The van der Waals surface area contributed by atoms with Gasteiger partial charge in [0.05, 0.1) is 21.3 Å². The fourth-order valence-corrected chi connectivity index (χ4v) is 4.45. The first-order valence-electron chi connectivity index (χ1n) is 7.44. The highest BCUT2D eigenvalue weighted by molar-refractivity contribution is 7.10. The molecular weight excluding hydrogens is 337 g/mol. The Balaban J connectivity index is 1.82. The van der Waals surface area contributed by atoms with E-state index in [-0.39, 0.29) is 5.91 Å². The monoisotopic (exact) mass is 353 g/mol. The summed E-state index contributed by atoms with van der Waals surface area (Å²) in [5, 5.41) is 5.67. The predicted octanol–water partition coefficient (Wildman–Crippen LogP) is 5.82. The highest BCUT2D eigenvalue weighted by Crippen LogP contribution is 2.35. The van der Waals surface area contributed by atoms with Gasteiger partial charge < -0.3 is 5.32 Å². The number of anilines is 1. The Morgan fingerprint density at radius 3 is 3.00 bits per heavy atom. The van der Waals surface area contributed by atoms with Crippen molar-refractivity contribution in [3.8, 4) is 0 Å². The molecule has 0 fully saturated rings. The number of hydrogen-bond donors (Lipinski definition) is 1. The molecule has 1 aliphatic rings. The first kappa shape index (κ1) is 15.9. The van der Waals surface area contributed by atoms with E-state index in [4.69, 9.17) is 23.2 Å². The largest absolute Gasteiger partial charge is 0.321 e. The van der Waals surface area contributed by atoms with Crippen molar-refractivity contribution in [2.24, 2.45) is 5.92 Å². The summed E-state index contributed by atoms with van der Waals surface area (Å²) in [5.74, 6) is 0.654. The molecule has 22 heavy (non-hydrogen) atoms. The summed E-state index contributed by atoms with van der Waals surface area (Å²) >= 11 is 13.8. The number of carbonyl (C=O) groups is 1. The van der Waals surface area contributed by atoms with E-state index < -0.39 is 0 Å². The summed E-state index contributed by atoms with van der Waals surface area (Å²) in [6, 6.07) is 5.24. The van der Waals surface area contributed by atoms with E-state index in [0.29, 0.717) is 15.7 Å². The quantitative estimate of drug-likeness (QED) is 0.739. The van der Waals surface area contributed by atoms with E-state index in [1.807, 2.05) is 5.38 Å². The third kappa shape index (κ3) is 3.03. The van der Waals surface area contributed by atoms with Crippen molar-refractivity contribution in [3.05, 3.63) is 49.6 Å². The summed E-state index contributed by atoms with van der Waals surface area (Å²) in [6.07, 6.45) is 4.46. The number of amides is 1. The van der Waals surface area contributed by atoms with Gasteiger partial charge in [-0.2, -0.15) is 0 Å². The molecule has 1 N–H and O–H groups in total. The maximum absolute atomic E-state index is 12.6. The van der Waals surface area contributed by atoms with Gasteiger partial charge in [0.1, 0.15) is 0 Å². The van der Waals surface area contributed by atoms with Gasteiger partial charge in [0.15, 0.2) is 0 Å². The number of halogens is 2. The molecule has 0 bridgehead atoms. The van der Waals surface area contributed by atoms with Gasteiger partial charge in [-0.05, 0) is 42.9 Å². The maximum Gasteiger partial charge on any atom is 0.256 e. The third-order valence-electron chi connectivity index (χ3n) is 4.28. The highest BCUT2D eigenvalue weighted by atomic mass is 35.5. The van der Waals surface area contributed by atoms with Gasteiger partial charge in [0, 0.05) is 10.3 Å². The molecule has 5 heteroatoms. The van der Waals surface area contributed by atoms with Gasteiger partial charge in [0.2, 0.25) is 0 Å². The zero-order chi connectivity index (χ0) is 15.7. The summed E-state index contributed by atoms with van der Waals surface area (Å²) < 4.78 is 0. The Hall–Kier alpha value is -1.03. The normalized spacial score (nSPS) is 17.1. The predicted molar refractivity (Wildman–Crippen MR) is 94.5 cm³/mol. The van der Waals surface area contributed by atoms with E-state index in [9.17, 15) is 4.79 Å². The summed E-state index contributed by atoms with van der Waals surface area (Å²) in [5.41, 5.74) is 2.55.